The van der Waals surface area contributed by atoms with Gasteiger partial charge in [0.05, 0.1) is 7.11 Å². The van der Waals surface area contributed by atoms with Crippen LogP contribution in [-0.2, 0) is 16.0 Å². The minimum atomic E-state index is -0.783. The van der Waals surface area contributed by atoms with E-state index >= 15 is 0 Å². The number of urea groups is 1. The van der Waals surface area contributed by atoms with Crippen LogP contribution in [0.15, 0.2) is 24.3 Å². The maximum atomic E-state index is 13.1. The number of carbonyl (C=O) groups is 3. The summed E-state index contributed by atoms with van der Waals surface area (Å²) >= 11 is 0. The second-order valence-corrected chi connectivity index (χ2v) is 9.63. The van der Waals surface area contributed by atoms with Crippen molar-refractivity contribution < 1.29 is 19.1 Å². The van der Waals surface area contributed by atoms with Crippen LogP contribution in [0.3, 0.4) is 0 Å². The van der Waals surface area contributed by atoms with Gasteiger partial charge in [-0.1, -0.05) is 25.5 Å². The number of piperidine rings is 1. The van der Waals surface area contributed by atoms with Crippen LogP contribution in [0.4, 0.5) is 4.79 Å². The molecule has 7 heteroatoms. The SMILES string of the molecule is CCC1CCC2(CC1)NC(=O)N(CC(=O)N1CCC(Cc3ccc(OC)cc3)CC1)C2=O. The van der Waals surface area contributed by atoms with Crippen LogP contribution in [0, 0.1) is 11.8 Å². The van der Waals surface area contributed by atoms with E-state index in [1.54, 1.807) is 7.11 Å². The van der Waals surface area contributed by atoms with Gasteiger partial charge in [0.1, 0.15) is 17.8 Å². The third kappa shape index (κ3) is 4.62. The van der Waals surface area contributed by atoms with Gasteiger partial charge in [-0.25, -0.2) is 4.79 Å². The summed E-state index contributed by atoms with van der Waals surface area (Å²) in [5.74, 6) is 1.67. The second-order valence-electron chi connectivity index (χ2n) is 9.63. The molecule has 1 spiro atoms. The van der Waals surface area contributed by atoms with Gasteiger partial charge in [0.2, 0.25) is 5.91 Å². The Morgan fingerprint density at radius 2 is 1.72 bits per heavy atom. The van der Waals surface area contributed by atoms with Crippen LogP contribution in [0.5, 0.6) is 5.75 Å². The lowest BCUT2D eigenvalue weighted by Gasteiger charge is -2.35. The van der Waals surface area contributed by atoms with Crippen molar-refractivity contribution in [1.29, 1.82) is 0 Å². The van der Waals surface area contributed by atoms with Crippen LogP contribution >= 0.6 is 0 Å². The molecule has 4 rings (SSSR count). The molecule has 7 nitrogen and oxygen atoms in total. The van der Waals surface area contributed by atoms with Gasteiger partial charge in [-0.05, 0) is 74.5 Å². The predicted molar refractivity (Wildman–Crippen MR) is 121 cm³/mol. The fourth-order valence-electron chi connectivity index (χ4n) is 5.45. The lowest BCUT2D eigenvalue weighted by molar-refractivity contribution is -0.140. The number of amides is 4. The Labute approximate surface area is 190 Å². The largest absolute Gasteiger partial charge is 0.497 e. The van der Waals surface area contributed by atoms with Crippen molar-refractivity contribution in [1.82, 2.24) is 15.1 Å². The first-order valence-electron chi connectivity index (χ1n) is 12.0. The summed E-state index contributed by atoms with van der Waals surface area (Å²) in [6.07, 6.45) is 7.21. The highest BCUT2D eigenvalue weighted by Crippen LogP contribution is 2.37. The van der Waals surface area contributed by atoms with Crippen molar-refractivity contribution in [3.8, 4) is 5.75 Å². The van der Waals surface area contributed by atoms with Crippen LogP contribution in [0.2, 0.25) is 0 Å². The Morgan fingerprint density at radius 1 is 1.06 bits per heavy atom. The molecule has 32 heavy (non-hydrogen) atoms. The summed E-state index contributed by atoms with van der Waals surface area (Å²) in [4.78, 5) is 41.5. The molecule has 2 saturated heterocycles. The Balaban J connectivity index is 1.27. The van der Waals surface area contributed by atoms with Gasteiger partial charge < -0.3 is 15.0 Å². The first-order valence-corrected chi connectivity index (χ1v) is 12.0. The molecule has 1 aliphatic carbocycles. The highest BCUT2D eigenvalue weighted by molar-refractivity contribution is 6.09. The minimum Gasteiger partial charge on any atom is -0.497 e. The number of hydrogen-bond donors (Lipinski definition) is 1. The lowest BCUT2D eigenvalue weighted by atomic mass is 9.75. The van der Waals surface area contributed by atoms with Gasteiger partial charge >= 0.3 is 6.03 Å². The van der Waals surface area contributed by atoms with E-state index in [-0.39, 0.29) is 18.4 Å². The van der Waals surface area contributed by atoms with Crippen LogP contribution in [0.1, 0.15) is 57.4 Å². The zero-order chi connectivity index (χ0) is 22.7. The van der Waals surface area contributed by atoms with E-state index in [1.807, 2.05) is 17.0 Å². The number of imide groups is 1. The summed E-state index contributed by atoms with van der Waals surface area (Å²) in [6.45, 7) is 3.37. The van der Waals surface area contributed by atoms with Gasteiger partial charge in [-0.3, -0.25) is 14.5 Å². The highest BCUT2D eigenvalue weighted by atomic mass is 16.5. The topological polar surface area (TPSA) is 79.0 Å². The first-order chi connectivity index (χ1) is 15.4. The number of hydrogen-bond acceptors (Lipinski definition) is 4. The Morgan fingerprint density at radius 3 is 2.31 bits per heavy atom. The molecule has 0 atom stereocenters. The van der Waals surface area contributed by atoms with E-state index in [0.29, 0.717) is 37.8 Å². The van der Waals surface area contributed by atoms with Crippen LogP contribution in [0.25, 0.3) is 0 Å². The quantitative estimate of drug-likeness (QED) is 0.687. The molecule has 1 aromatic carbocycles. The van der Waals surface area contributed by atoms with Crippen molar-refractivity contribution in [3.05, 3.63) is 29.8 Å². The summed E-state index contributed by atoms with van der Waals surface area (Å²) < 4.78 is 5.22. The summed E-state index contributed by atoms with van der Waals surface area (Å²) in [5, 5.41) is 2.92. The van der Waals surface area contributed by atoms with Crippen molar-refractivity contribution in [2.45, 2.75) is 63.8 Å². The minimum absolute atomic E-state index is 0.129. The fourth-order valence-corrected chi connectivity index (χ4v) is 5.45. The van der Waals surface area contributed by atoms with Gasteiger partial charge in [-0.2, -0.15) is 0 Å². The van der Waals surface area contributed by atoms with Crippen LogP contribution < -0.4 is 10.1 Å². The molecule has 2 aliphatic heterocycles. The average Bonchev–Trinajstić information content (AvgIpc) is 3.04. The number of benzene rings is 1. The molecule has 0 radical (unpaired) electrons. The van der Waals surface area contributed by atoms with E-state index in [9.17, 15) is 14.4 Å². The van der Waals surface area contributed by atoms with Gasteiger partial charge in [0.25, 0.3) is 5.91 Å². The molecule has 3 aliphatic rings. The highest BCUT2D eigenvalue weighted by Gasteiger charge is 2.52. The van der Waals surface area contributed by atoms with Gasteiger partial charge in [-0.15, -0.1) is 0 Å². The molecule has 1 N–H and O–H groups in total. The van der Waals surface area contributed by atoms with Crippen molar-refractivity contribution in [2.24, 2.45) is 11.8 Å². The van der Waals surface area contributed by atoms with E-state index < -0.39 is 11.6 Å². The molecule has 4 amide bonds. The van der Waals surface area contributed by atoms with Crippen LogP contribution in [-0.4, -0.2) is 59.9 Å². The molecule has 0 unspecified atom stereocenters. The fraction of sp³-hybridized carbons (Fsp3) is 0.640. The standard InChI is InChI=1S/C25H35N3O4/c1-3-18-8-12-25(13-9-18)23(30)28(24(31)26-25)17-22(29)27-14-10-20(11-15-27)16-19-4-6-21(32-2)7-5-19/h4-7,18,20H,3,8-17H2,1-2H3,(H,26,31). The van der Waals surface area contributed by atoms with E-state index in [4.69, 9.17) is 4.74 Å². The van der Waals surface area contributed by atoms with Gasteiger partial charge in [0, 0.05) is 13.1 Å². The molecule has 2 heterocycles. The third-order valence-electron chi connectivity index (χ3n) is 7.73. The van der Waals surface area contributed by atoms with Gasteiger partial charge in [0.15, 0.2) is 0 Å². The summed E-state index contributed by atoms with van der Waals surface area (Å²) in [6, 6.07) is 7.74. The summed E-state index contributed by atoms with van der Waals surface area (Å²) in [7, 11) is 1.66. The number of nitrogens with one attached hydrogen (secondary N) is 1. The smallest absolute Gasteiger partial charge is 0.325 e. The zero-order valence-corrected chi connectivity index (χ0v) is 19.3. The number of ether oxygens (including phenoxy) is 1. The summed E-state index contributed by atoms with van der Waals surface area (Å²) in [5.41, 5.74) is 0.493. The molecule has 1 saturated carbocycles. The maximum Gasteiger partial charge on any atom is 0.325 e. The molecular formula is C25H35N3O4. The third-order valence-corrected chi connectivity index (χ3v) is 7.73. The maximum absolute atomic E-state index is 13.1. The van der Waals surface area contributed by atoms with E-state index in [0.717, 1.165) is 49.2 Å². The number of likely N-dealkylation sites (tertiary alicyclic amines) is 1. The van der Waals surface area contributed by atoms with Crippen molar-refractivity contribution in [2.75, 3.05) is 26.7 Å². The molecule has 0 bridgehead atoms. The Bertz CT molecular complexity index is 837. The van der Waals surface area contributed by atoms with Crippen molar-refractivity contribution >= 4 is 17.8 Å². The molecule has 0 aromatic heterocycles. The number of rotatable bonds is 6. The first kappa shape index (κ1) is 22.6. The zero-order valence-electron chi connectivity index (χ0n) is 19.3. The average molecular weight is 442 g/mol. The molecular weight excluding hydrogens is 406 g/mol. The predicted octanol–water partition coefficient (Wildman–Crippen LogP) is 3.37. The molecule has 1 aromatic rings. The number of methoxy groups -OCH3 is 1. The lowest BCUT2D eigenvalue weighted by Crippen LogP contribution is -2.50. The van der Waals surface area contributed by atoms with Crippen molar-refractivity contribution in [3.63, 3.8) is 0 Å². The monoisotopic (exact) mass is 441 g/mol. The molecule has 174 valence electrons. The van der Waals surface area contributed by atoms with E-state index in [2.05, 4.69) is 24.4 Å². The van der Waals surface area contributed by atoms with E-state index in [1.165, 1.54) is 5.56 Å². The Kier molecular flexibility index (Phi) is 6.72. The Hall–Kier alpha value is -2.57. The number of carbonyl (C=O) groups excluding carboxylic acids is 3. The number of nitrogens with zero attached hydrogens (tertiary/aromatic N) is 2. The second kappa shape index (κ2) is 9.51. The normalized spacial score (nSPS) is 26.5. The molecule has 3 fully saturated rings.